The molecule has 0 atom stereocenters. The first-order valence-electron chi connectivity index (χ1n) is 4.31. The molecular weight excluding hydrogens is 160 g/mol. The van der Waals surface area contributed by atoms with E-state index in [1.807, 2.05) is 30.5 Å². The van der Waals surface area contributed by atoms with Crippen LogP contribution in [-0.4, -0.2) is 18.1 Å². The Morgan fingerprint density at radius 3 is 3.08 bits per heavy atom. The lowest BCUT2D eigenvalue weighted by atomic mass is 10.2. The van der Waals surface area contributed by atoms with Crippen molar-refractivity contribution in [1.82, 2.24) is 10.3 Å². The Kier molecular flexibility index (Phi) is 4.57. The molecule has 13 heavy (non-hydrogen) atoms. The number of nitrogens with one attached hydrogen (secondary N) is 1. The molecule has 0 aliphatic heterocycles. The summed E-state index contributed by atoms with van der Waals surface area (Å²) in [5.74, 6) is 0. The average Bonchev–Trinajstić information content (AvgIpc) is 2.19. The van der Waals surface area contributed by atoms with Crippen molar-refractivity contribution in [2.75, 3.05) is 13.1 Å². The molecule has 0 unspecified atom stereocenters. The van der Waals surface area contributed by atoms with Crippen molar-refractivity contribution < 1.29 is 0 Å². The molecule has 0 bridgehead atoms. The molecule has 1 aromatic rings. The smallest absolute Gasteiger partial charge is 0.0340 e. The van der Waals surface area contributed by atoms with E-state index < -0.39 is 0 Å². The monoisotopic (exact) mass is 174 g/mol. The first kappa shape index (κ1) is 9.68. The topological polar surface area (TPSA) is 24.9 Å². The highest BCUT2D eigenvalue weighted by Gasteiger charge is 1.82. The van der Waals surface area contributed by atoms with E-state index in [2.05, 4.69) is 23.0 Å². The molecule has 2 heteroatoms. The fourth-order valence-electron chi connectivity index (χ4n) is 0.938. The van der Waals surface area contributed by atoms with Gasteiger partial charge < -0.3 is 5.32 Å². The molecular formula is C11H14N2. The lowest BCUT2D eigenvalue weighted by molar-refractivity contribution is 0.846. The molecule has 0 aliphatic carbocycles. The van der Waals surface area contributed by atoms with Gasteiger partial charge in [-0.25, -0.2) is 0 Å². The summed E-state index contributed by atoms with van der Waals surface area (Å²) in [5.41, 5.74) is 1.13. The summed E-state index contributed by atoms with van der Waals surface area (Å²) in [7, 11) is 0. The number of rotatable bonds is 5. The van der Waals surface area contributed by atoms with Crippen LogP contribution in [-0.2, 0) is 0 Å². The number of pyridine rings is 1. The molecule has 0 aliphatic rings. The summed E-state index contributed by atoms with van der Waals surface area (Å²) in [6.45, 7) is 5.33. The van der Waals surface area contributed by atoms with E-state index in [1.165, 1.54) is 0 Å². The van der Waals surface area contributed by atoms with E-state index in [0.717, 1.165) is 18.7 Å². The van der Waals surface area contributed by atoms with Gasteiger partial charge in [-0.05, 0) is 11.6 Å². The number of nitrogens with zero attached hydrogens (tertiary/aromatic N) is 1. The van der Waals surface area contributed by atoms with Gasteiger partial charge in [-0.15, -0.1) is 6.58 Å². The van der Waals surface area contributed by atoms with Gasteiger partial charge in [0.25, 0.3) is 0 Å². The molecule has 0 radical (unpaired) electrons. The van der Waals surface area contributed by atoms with E-state index in [1.54, 1.807) is 6.20 Å². The minimum Gasteiger partial charge on any atom is -0.310 e. The van der Waals surface area contributed by atoms with E-state index in [4.69, 9.17) is 0 Å². The van der Waals surface area contributed by atoms with Crippen LogP contribution >= 0.6 is 0 Å². The highest BCUT2D eigenvalue weighted by molar-refractivity contribution is 5.47. The SMILES string of the molecule is C=CCNC/C=C/c1cccnc1. The molecule has 1 rings (SSSR count). The molecule has 1 N–H and O–H groups in total. The van der Waals surface area contributed by atoms with Crippen molar-refractivity contribution in [3.8, 4) is 0 Å². The Morgan fingerprint density at radius 1 is 1.46 bits per heavy atom. The lowest BCUT2D eigenvalue weighted by Gasteiger charge is -1.94. The van der Waals surface area contributed by atoms with Crippen LogP contribution in [0, 0.1) is 0 Å². The largest absolute Gasteiger partial charge is 0.310 e. The zero-order chi connectivity index (χ0) is 9.36. The number of hydrogen-bond donors (Lipinski definition) is 1. The summed E-state index contributed by atoms with van der Waals surface area (Å²) >= 11 is 0. The minimum atomic E-state index is 0.845. The summed E-state index contributed by atoms with van der Waals surface area (Å²) in [6, 6.07) is 3.95. The van der Waals surface area contributed by atoms with E-state index in [0.29, 0.717) is 0 Å². The van der Waals surface area contributed by atoms with Crippen LogP contribution in [0.3, 0.4) is 0 Å². The Labute approximate surface area is 79.0 Å². The summed E-state index contributed by atoms with van der Waals surface area (Å²) in [6.07, 6.45) is 9.57. The molecule has 0 saturated heterocycles. The summed E-state index contributed by atoms with van der Waals surface area (Å²) < 4.78 is 0. The first-order chi connectivity index (χ1) is 6.43. The maximum absolute atomic E-state index is 4.01. The third-order valence-electron chi connectivity index (χ3n) is 1.55. The van der Waals surface area contributed by atoms with Crippen LogP contribution in [0.2, 0.25) is 0 Å². The van der Waals surface area contributed by atoms with Crippen LogP contribution in [0.15, 0.2) is 43.3 Å². The second-order valence-corrected chi connectivity index (χ2v) is 2.64. The highest BCUT2D eigenvalue weighted by atomic mass is 14.8. The van der Waals surface area contributed by atoms with Crippen molar-refractivity contribution in [2.45, 2.75) is 0 Å². The van der Waals surface area contributed by atoms with Gasteiger partial charge in [-0.2, -0.15) is 0 Å². The third-order valence-corrected chi connectivity index (χ3v) is 1.55. The number of aromatic nitrogens is 1. The number of hydrogen-bond acceptors (Lipinski definition) is 2. The maximum Gasteiger partial charge on any atom is 0.0340 e. The predicted octanol–water partition coefficient (Wildman–Crippen LogP) is 1.87. The van der Waals surface area contributed by atoms with Gasteiger partial charge in [-0.1, -0.05) is 24.3 Å². The van der Waals surface area contributed by atoms with Crippen LogP contribution in [0.4, 0.5) is 0 Å². The standard InChI is InChI=1S/C11H14N2/c1-2-7-12-8-3-5-11-6-4-9-13-10-11/h2-6,9-10,12H,1,7-8H2/b5-3+. The second kappa shape index (κ2) is 6.14. The van der Waals surface area contributed by atoms with Gasteiger partial charge in [0, 0.05) is 25.5 Å². The van der Waals surface area contributed by atoms with Crippen molar-refractivity contribution in [2.24, 2.45) is 0 Å². The molecule has 2 nitrogen and oxygen atoms in total. The van der Waals surface area contributed by atoms with Gasteiger partial charge in [0.1, 0.15) is 0 Å². The Hall–Kier alpha value is -1.41. The van der Waals surface area contributed by atoms with Gasteiger partial charge in [0.15, 0.2) is 0 Å². The molecule has 0 saturated carbocycles. The Balaban J connectivity index is 2.28. The van der Waals surface area contributed by atoms with Crippen LogP contribution in [0.1, 0.15) is 5.56 Å². The first-order valence-corrected chi connectivity index (χ1v) is 4.31. The van der Waals surface area contributed by atoms with E-state index >= 15 is 0 Å². The van der Waals surface area contributed by atoms with E-state index in [-0.39, 0.29) is 0 Å². The van der Waals surface area contributed by atoms with Crippen molar-refractivity contribution in [3.05, 3.63) is 48.8 Å². The van der Waals surface area contributed by atoms with Gasteiger partial charge in [-0.3, -0.25) is 4.98 Å². The van der Waals surface area contributed by atoms with Crippen LogP contribution in [0.25, 0.3) is 6.08 Å². The molecule has 0 aromatic carbocycles. The third kappa shape index (κ3) is 4.23. The highest BCUT2D eigenvalue weighted by Crippen LogP contribution is 1.97. The van der Waals surface area contributed by atoms with E-state index in [9.17, 15) is 0 Å². The van der Waals surface area contributed by atoms with Crippen molar-refractivity contribution in [1.29, 1.82) is 0 Å². The van der Waals surface area contributed by atoms with Gasteiger partial charge in [0.2, 0.25) is 0 Å². The summed E-state index contributed by atoms with van der Waals surface area (Å²) in [5, 5.41) is 3.18. The molecule has 1 heterocycles. The zero-order valence-electron chi connectivity index (χ0n) is 7.61. The zero-order valence-corrected chi connectivity index (χ0v) is 7.61. The Bertz CT molecular complexity index is 265. The molecule has 68 valence electrons. The van der Waals surface area contributed by atoms with Crippen molar-refractivity contribution in [3.63, 3.8) is 0 Å². The fourth-order valence-corrected chi connectivity index (χ4v) is 0.938. The quantitative estimate of drug-likeness (QED) is 0.544. The van der Waals surface area contributed by atoms with Crippen LogP contribution in [0.5, 0.6) is 0 Å². The Morgan fingerprint density at radius 2 is 2.38 bits per heavy atom. The molecule has 0 amide bonds. The van der Waals surface area contributed by atoms with Crippen LogP contribution < -0.4 is 5.32 Å². The van der Waals surface area contributed by atoms with Gasteiger partial charge >= 0.3 is 0 Å². The molecule has 1 aromatic heterocycles. The lowest BCUT2D eigenvalue weighted by Crippen LogP contribution is -2.12. The molecule has 0 fully saturated rings. The second-order valence-electron chi connectivity index (χ2n) is 2.64. The summed E-state index contributed by atoms with van der Waals surface area (Å²) in [4.78, 5) is 4.01. The average molecular weight is 174 g/mol. The normalized spacial score (nSPS) is 10.5. The maximum atomic E-state index is 4.01. The molecule has 0 spiro atoms. The predicted molar refractivity (Wildman–Crippen MR) is 56.3 cm³/mol. The van der Waals surface area contributed by atoms with Gasteiger partial charge in [0.05, 0.1) is 0 Å². The minimum absolute atomic E-state index is 0.845. The van der Waals surface area contributed by atoms with Crippen molar-refractivity contribution >= 4 is 6.08 Å². The fraction of sp³-hybridized carbons (Fsp3) is 0.182.